The number of hydrogen-bond donors (Lipinski definition) is 3. The molecule has 0 spiro atoms. The highest BCUT2D eigenvalue weighted by molar-refractivity contribution is 5.75. The van der Waals surface area contributed by atoms with Crippen LogP contribution in [0.3, 0.4) is 0 Å². The average Bonchev–Trinajstić information content (AvgIpc) is 3.25. The molecule has 0 aliphatic carbocycles. The normalized spacial score (nSPS) is 12.6. The van der Waals surface area contributed by atoms with Gasteiger partial charge in [0.05, 0.1) is 19.1 Å². The maximum absolute atomic E-state index is 12.3. The van der Waals surface area contributed by atoms with E-state index in [0.717, 1.165) is 48.2 Å². The molecule has 4 rings (SSSR count). The molecule has 0 unspecified atom stereocenters. The number of phenolic OH excluding ortho intramolecular Hbond substituents is 1. The third kappa shape index (κ3) is 17.6. The molecule has 0 radical (unpaired) electrons. The van der Waals surface area contributed by atoms with Gasteiger partial charge in [-0.05, 0) is 147 Å². The molecule has 344 valence electrons. The fraction of sp³-hybridized carbons (Fsp3) is 0.537. The molecule has 4 aromatic rings. The standard InChI is InChI=1S/C26H37NO3.C22H31NO2.C6H15N/c1-18(2)26(29)30-25-13-12-21(17-28)16-24(25)23(22-10-8-7-9-11-22)14-15-27(19(3)4)20(5)6;1-16(2)23(17(3)4)13-12-20(19-8-6-5-7-9-19)21-14-18(15-24)10-11-22(21)25;1-4-7(5-2)6-3/h7-13,16,18-20,23,28H,14-15,17H2,1-6H3;5-11,14,16-17,20,24-25H,12-13,15H2,1-4H3;4-6H2,1-3H3/t23-;20-;/m00./s1. The van der Waals surface area contributed by atoms with E-state index in [1.54, 1.807) is 12.1 Å². The van der Waals surface area contributed by atoms with Gasteiger partial charge in [-0.1, -0.05) is 107 Å². The lowest BCUT2D eigenvalue weighted by Gasteiger charge is -2.32. The highest BCUT2D eigenvalue weighted by Crippen LogP contribution is 2.37. The van der Waals surface area contributed by atoms with Crippen LogP contribution in [0.15, 0.2) is 97.1 Å². The van der Waals surface area contributed by atoms with E-state index in [1.807, 2.05) is 74.5 Å². The Morgan fingerprint density at radius 1 is 0.548 bits per heavy atom. The maximum atomic E-state index is 12.3. The highest BCUT2D eigenvalue weighted by Gasteiger charge is 2.25. The molecule has 0 heterocycles. The smallest absolute Gasteiger partial charge is 0.313 e. The number of nitrogens with zero attached hydrogens (tertiary/aromatic N) is 3. The largest absolute Gasteiger partial charge is 0.508 e. The van der Waals surface area contributed by atoms with Crippen LogP contribution in [0.2, 0.25) is 0 Å². The van der Waals surface area contributed by atoms with Crippen molar-refractivity contribution in [3.63, 3.8) is 0 Å². The van der Waals surface area contributed by atoms with Gasteiger partial charge in [-0.15, -0.1) is 0 Å². The Kier molecular flexibility index (Phi) is 25.0. The molecule has 4 aromatic carbocycles. The van der Waals surface area contributed by atoms with Crippen LogP contribution in [0.5, 0.6) is 11.5 Å². The Bertz CT molecular complexity index is 1790. The average molecular weight is 854 g/mol. The van der Waals surface area contributed by atoms with E-state index in [4.69, 9.17) is 4.74 Å². The van der Waals surface area contributed by atoms with Gasteiger partial charge >= 0.3 is 5.97 Å². The summed E-state index contributed by atoms with van der Waals surface area (Å²) in [6.45, 7) is 33.4. The quantitative estimate of drug-likeness (QED) is 0.0563. The van der Waals surface area contributed by atoms with Gasteiger partial charge in [-0.3, -0.25) is 14.6 Å². The van der Waals surface area contributed by atoms with Crippen molar-refractivity contribution in [2.75, 3.05) is 32.7 Å². The lowest BCUT2D eigenvalue weighted by molar-refractivity contribution is -0.137. The van der Waals surface area contributed by atoms with Crippen molar-refractivity contribution in [1.82, 2.24) is 14.7 Å². The first kappa shape index (κ1) is 54.1. The molecule has 62 heavy (non-hydrogen) atoms. The van der Waals surface area contributed by atoms with Gasteiger partial charge in [0.25, 0.3) is 0 Å². The summed E-state index contributed by atoms with van der Waals surface area (Å²) < 4.78 is 5.78. The topological polar surface area (TPSA) is 96.7 Å². The van der Waals surface area contributed by atoms with Gasteiger partial charge in [0.15, 0.2) is 0 Å². The van der Waals surface area contributed by atoms with Crippen molar-refractivity contribution in [2.45, 2.75) is 152 Å². The van der Waals surface area contributed by atoms with Crippen molar-refractivity contribution >= 4 is 5.97 Å². The van der Waals surface area contributed by atoms with Crippen LogP contribution >= 0.6 is 0 Å². The molecule has 0 aliphatic heterocycles. The lowest BCUT2D eigenvalue weighted by Crippen LogP contribution is -2.38. The van der Waals surface area contributed by atoms with E-state index in [-0.39, 0.29) is 36.9 Å². The Morgan fingerprint density at radius 3 is 1.29 bits per heavy atom. The first-order chi connectivity index (χ1) is 29.5. The zero-order chi connectivity index (χ0) is 46.4. The van der Waals surface area contributed by atoms with E-state index in [2.05, 4.69) is 115 Å². The van der Waals surface area contributed by atoms with Crippen LogP contribution < -0.4 is 4.74 Å². The number of aromatic hydroxyl groups is 1. The van der Waals surface area contributed by atoms with Crippen molar-refractivity contribution in [2.24, 2.45) is 5.92 Å². The van der Waals surface area contributed by atoms with Gasteiger partial charge in [-0.2, -0.15) is 0 Å². The van der Waals surface area contributed by atoms with E-state index in [9.17, 15) is 20.1 Å². The monoisotopic (exact) mass is 854 g/mol. The number of carbonyl (C=O) groups is 1. The van der Waals surface area contributed by atoms with Gasteiger partial charge in [0.2, 0.25) is 0 Å². The minimum Gasteiger partial charge on any atom is -0.508 e. The van der Waals surface area contributed by atoms with Gasteiger partial charge < -0.3 is 25.0 Å². The summed E-state index contributed by atoms with van der Waals surface area (Å²) in [5.41, 5.74) is 5.87. The number of phenols is 1. The molecule has 0 saturated carbocycles. The maximum Gasteiger partial charge on any atom is 0.313 e. The summed E-state index contributed by atoms with van der Waals surface area (Å²) in [6, 6.07) is 33.5. The number of esters is 1. The molecule has 0 aliphatic rings. The zero-order valence-corrected chi connectivity index (χ0v) is 40.6. The van der Waals surface area contributed by atoms with Crippen LogP contribution in [0.4, 0.5) is 0 Å². The number of ether oxygens (including phenoxy) is 1. The number of rotatable bonds is 21. The zero-order valence-electron chi connectivity index (χ0n) is 40.6. The molecule has 0 bridgehead atoms. The Morgan fingerprint density at radius 2 is 0.935 bits per heavy atom. The summed E-state index contributed by atoms with van der Waals surface area (Å²) in [5.74, 6) is 0.598. The molecule has 0 amide bonds. The fourth-order valence-electron chi connectivity index (χ4n) is 8.10. The number of hydrogen-bond acceptors (Lipinski definition) is 8. The Balaban J connectivity index is 0.000000374. The van der Waals surface area contributed by atoms with E-state index >= 15 is 0 Å². The predicted molar refractivity (Wildman–Crippen MR) is 260 cm³/mol. The van der Waals surface area contributed by atoms with Crippen molar-refractivity contribution in [1.29, 1.82) is 0 Å². The van der Waals surface area contributed by atoms with Gasteiger partial charge in [0, 0.05) is 47.1 Å². The molecule has 3 N–H and O–H groups in total. The number of aliphatic hydroxyl groups is 2. The second kappa shape index (κ2) is 28.6. The highest BCUT2D eigenvalue weighted by atomic mass is 16.5. The molecular formula is C54H83N3O5. The number of aliphatic hydroxyl groups excluding tert-OH is 2. The molecule has 2 atom stereocenters. The predicted octanol–water partition coefficient (Wildman–Crippen LogP) is 11.3. The molecule has 0 aromatic heterocycles. The second-order valence-electron chi connectivity index (χ2n) is 17.6. The van der Waals surface area contributed by atoms with Gasteiger partial charge in [0.1, 0.15) is 11.5 Å². The molecular weight excluding hydrogens is 771 g/mol. The molecule has 0 saturated heterocycles. The minimum atomic E-state index is -0.245. The first-order valence-electron chi connectivity index (χ1n) is 23.2. The molecule has 0 fully saturated rings. The third-order valence-corrected chi connectivity index (χ3v) is 11.7. The summed E-state index contributed by atoms with van der Waals surface area (Å²) in [5, 5.41) is 29.7. The Labute approximate surface area is 376 Å². The fourth-order valence-corrected chi connectivity index (χ4v) is 8.10. The van der Waals surface area contributed by atoms with Crippen LogP contribution in [-0.2, 0) is 18.0 Å². The number of benzene rings is 4. The van der Waals surface area contributed by atoms with Crippen LogP contribution in [0, 0.1) is 5.92 Å². The van der Waals surface area contributed by atoms with E-state index < -0.39 is 0 Å². The Hall–Kier alpha value is -4.05. The van der Waals surface area contributed by atoms with E-state index in [0.29, 0.717) is 35.7 Å². The molecule has 8 heteroatoms. The third-order valence-electron chi connectivity index (χ3n) is 11.7. The minimum absolute atomic E-state index is 0.0150. The van der Waals surface area contributed by atoms with Crippen LogP contribution in [0.25, 0.3) is 0 Å². The van der Waals surface area contributed by atoms with E-state index in [1.165, 1.54) is 30.8 Å². The summed E-state index contributed by atoms with van der Waals surface area (Å²) in [6.07, 6.45) is 1.81. The lowest BCUT2D eigenvalue weighted by atomic mass is 9.86. The summed E-state index contributed by atoms with van der Waals surface area (Å²) >= 11 is 0. The number of carbonyl (C=O) groups excluding carboxylic acids is 1. The van der Waals surface area contributed by atoms with Crippen molar-refractivity contribution in [3.05, 3.63) is 130 Å². The van der Waals surface area contributed by atoms with Crippen LogP contribution in [0.1, 0.15) is 148 Å². The molecule has 8 nitrogen and oxygen atoms in total. The van der Waals surface area contributed by atoms with Crippen molar-refractivity contribution in [3.8, 4) is 11.5 Å². The summed E-state index contributed by atoms with van der Waals surface area (Å²) in [4.78, 5) is 19.7. The van der Waals surface area contributed by atoms with Crippen LogP contribution in [-0.4, -0.2) is 92.9 Å². The second-order valence-corrected chi connectivity index (χ2v) is 17.6. The van der Waals surface area contributed by atoms with Crippen molar-refractivity contribution < 1.29 is 24.9 Å². The first-order valence-corrected chi connectivity index (χ1v) is 23.2. The van der Waals surface area contributed by atoms with Gasteiger partial charge in [-0.25, -0.2) is 0 Å². The SMILES string of the molecule is CC(C)C(=O)Oc1ccc(CO)cc1[C@@H](CCN(C(C)C)C(C)C)c1ccccc1.CC(C)N(CC[C@@H](c1ccccc1)c1cc(CO)ccc1O)C(C)C.CCN(CC)CC. The summed E-state index contributed by atoms with van der Waals surface area (Å²) in [7, 11) is 0.